The predicted octanol–water partition coefficient (Wildman–Crippen LogP) is 2.56. The Balaban J connectivity index is 1.59. The SMILES string of the molecule is CC(C)[C@H](CC(=O)NCc1ccc2c(c1)OCO2)NS(=O)(=O)c1ccc(F)cc1. The van der Waals surface area contributed by atoms with E-state index in [9.17, 15) is 17.6 Å². The van der Waals surface area contributed by atoms with Crippen LogP contribution in [0.15, 0.2) is 47.4 Å². The molecule has 1 amide bonds. The lowest BCUT2D eigenvalue weighted by molar-refractivity contribution is -0.121. The number of rotatable bonds is 8. The quantitative estimate of drug-likeness (QED) is 0.682. The van der Waals surface area contributed by atoms with Crippen LogP contribution < -0.4 is 19.5 Å². The zero-order valence-electron chi connectivity index (χ0n) is 16.1. The van der Waals surface area contributed by atoms with E-state index in [1.54, 1.807) is 12.1 Å². The van der Waals surface area contributed by atoms with Crippen LogP contribution >= 0.6 is 0 Å². The van der Waals surface area contributed by atoms with Gasteiger partial charge in [0, 0.05) is 19.0 Å². The Bertz CT molecular complexity index is 977. The Labute approximate surface area is 169 Å². The van der Waals surface area contributed by atoms with Crippen LogP contribution in [-0.4, -0.2) is 27.2 Å². The smallest absolute Gasteiger partial charge is 0.240 e. The lowest BCUT2D eigenvalue weighted by Crippen LogP contribution is -2.42. The molecule has 0 aromatic heterocycles. The van der Waals surface area contributed by atoms with E-state index in [-0.39, 0.29) is 36.5 Å². The van der Waals surface area contributed by atoms with E-state index in [0.29, 0.717) is 11.5 Å². The molecule has 0 radical (unpaired) electrons. The number of hydrogen-bond acceptors (Lipinski definition) is 5. The lowest BCUT2D eigenvalue weighted by atomic mass is 10.0. The second kappa shape index (κ2) is 8.79. The molecule has 1 aliphatic heterocycles. The van der Waals surface area contributed by atoms with Crippen molar-refractivity contribution in [2.24, 2.45) is 5.92 Å². The van der Waals surface area contributed by atoms with Crippen molar-refractivity contribution in [2.45, 2.75) is 37.8 Å². The van der Waals surface area contributed by atoms with E-state index in [0.717, 1.165) is 17.7 Å². The summed E-state index contributed by atoms with van der Waals surface area (Å²) in [7, 11) is -3.87. The molecule has 3 rings (SSSR count). The van der Waals surface area contributed by atoms with E-state index in [4.69, 9.17) is 9.47 Å². The van der Waals surface area contributed by atoms with Gasteiger partial charge in [-0.1, -0.05) is 19.9 Å². The largest absolute Gasteiger partial charge is 0.454 e. The van der Waals surface area contributed by atoms with Crippen LogP contribution in [0.1, 0.15) is 25.8 Å². The van der Waals surface area contributed by atoms with E-state index in [1.807, 2.05) is 19.9 Å². The summed E-state index contributed by atoms with van der Waals surface area (Å²) in [6.45, 7) is 4.10. The van der Waals surface area contributed by atoms with Crippen molar-refractivity contribution in [3.8, 4) is 11.5 Å². The van der Waals surface area contributed by atoms with Gasteiger partial charge in [0.15, 0.2) is 11.5 Å². The van der Waals surface area contributed by atoms with Gasteiger partial charge in [-0.3, -0.25) is 4.79 Å². The number of fused-ring (bicyclic) bond motifs is 1. The van der Waals surface area contributed by atoms with Crippen molar-refractivity contribution < 1.29 is 27.1 Å². The Hall–Kier alpha value is -2.65. The summed E-state index contributed by atoms with van der Waals surface area (Å²) in [6, 6.07) is 9.32. The number of halogens is 1. The molecule has 2 N–H and O–H groups in total. The van der Waals surface area contributed by atoms with Gasteiger partial charge in [0.25, 0.3) is 0 Å². The number of sulfonamides is 1. The van der Waals surface area contributed by atoms with Crippen molar-refractivity contribution in [3.05, 3.63) is 53.8 Å². The minimum atomic E-state index is -3.87. The lowest BCUT2D eigenvalue weighted by Gasteiger charge is -2.22. The standard InChI is InChI=1S/C20H23FN2O5S/c1-13(2)17(23-29(25,26)16-6-4-15(21)5-7-16)10-20(24)22-11-14-3-8-18-19(9-14)28-12-27-18/h3-9,13,17,23H,10-12H2,1-2H3,(H,22,24)/t17-/m0/s1. The fourth-order valence-corrected chi connectivity index (χ4v) is 4.20. The van der Waals surface area contributed by atoms with Gasteiger partial charge in [0.1, 0.15) is 5.82 Å². The third-order valence-corrected chi connectivity index (χ3v) is 6.07. The van der Waals surface area contributed by atoms with Gasteiger partial charge in [0.2, 0.25) is 22.7 Å². The molecule has 9 heteroatoms. The molecule has 7 nitrogen and oxygen atoms in total. The van der Waals surface area contributed by atoms with E-state index < -0.39 is 21.9 Å². The molecule has 0 bridgehead atoms. The van der Waals surface area contributed by atoms with Crippen LogP contribution in [-0.2, 0) is 21.4 Å². The fraction of sp³-hybridized carbons (Fsp3) is 0.350. The molecule has 1 atom stereocenters. The highest BCUT2D eigenvalue weighted by atomic mass is 32.2. The van der Waals surface area contributed by atoms with Crippen LogP contribution in [0.3, 0.4) is 0 Å². The molecule has 0 spiro atoms. The van der Waals surface area contributed by atoms with E-state index in [1.165, 1.54) is 12.1 Å². The molecule has 0 aliphatic carbocycles. The first-order valence-corrected chi connectivity index (χ1v) is 10.7. The van der Waals surface area contributed by atoms with Crippen LogP contribution in [0.25, 0.3) is 0 Å². The molecule has 1 aliphatic rings. The van der Waals surface area contributed by atoms with Gasteiger partial charge in [-0.15, -0.1) is 0 Å². The highest BCUT2D eigenvalue weighted by Gasteiger charge is 2.25. The normalized spacial score (nSPS) is 14.1. The van der Waals surface area contributed by atoms with Crippen molar-refractivity contribution in [1.82, 2.24) is 10.0 Å². The zero-order chi connectivity index (χ0) is 21.0. The number of ether oxygens (including phenoxy) is 2. The third-order valence-electron chi connectivity index (χ3n) is 4.57. The van der Waals surface area contributed by atoms with Crippen LogP contribution in [0, 0.1) is 11.7 Å². The topological polar surface area (TPSA) is 93.7 Å². The Morgan fingerprint density at radius 1 is 1.10 bits per heavy atom. The second-order valence-corrected chi connectivity index (χ2v) is 8.81. The average molecular weight is 422 g/mol. The third kappa shape index (κ3) is 5.45. The molecule has 0 saturated heterocycles. The first-order chi connectivity index (χ1) is 13.7. The first-order valence-electron chi connectivity index (χ1n) is 9.18. The maximum Gasteiger partial charge on any atom is 0.240 e. The van der Waals surface area contributed by atoms with E-state index >= 15 is 0 Å². The summed E-state index contributed by atoms with van der Waals surface area (Å²) in [5.41, 5.74) is 0.843. The maximum absolute atomic E-state index is 13.1. The van der Waals surface area contributed by atoms with Gasteiger partial charge in [-0.2, -0.15) is 0 Å². The minimum Gasteiger partial charge on any atom is -0.454 e. The Kier molecular flexibility index (Phi) is 6.39. The Morgan fingerprint density at radius 3 is 2.48 bits per heavy atom. The van der Waals surface area contributed by atoms with Gasteiger partial charge in [-0.05, 0) is 47.9 Å². The van der Waals surface area contributed by atoms with Gasteiger partial charge >= 0.3 is 0 Å². The molecule has 2 aromatic carbocycles. The minimum absolute atomic E-state index is 0.0252. The summed E-state index contributed by atoms with van der Waals surface area (Å²) < 4.78 is 51.2. The monoisotopic (exact) mass is 422 g/mol. The van der Waals surface area contributed by atoms with Gasteiger partial charge in [-0.25, -0.2) is 17.5 Å². The van der Waals surface area contributed by atoms with Gasteiger partial charge < -0.3 is 14.8 Å². The number of hydrogen-bond donors (Lipinski definition) is 2. The number of carbonyl (C=O) groups is 1. The number of carbonyl (C=O) groups excluding carboxylic acids is 1. The summed E-state index contributed by atoms with van der Waals surface area (Å²) >= 11 is 0. The maximum atomic E-state index is 13.1. The summed E-state index contributed by atoms with van der Waals surface area (Å²) in [5.74, 6) is 0.357. The summed E-state index contributed by atoms with van der Waals surface area (Å²) in [6.07, 6.45) is -0.0252. The zero-order valence-corrected chi connectivity index (χ0v) is 17.0. The molecule has 1 heterocycles. The first kappa shape index (κ1) is 21.1. The van der Waals surface area contributed by atoms with Gasteiger partial charge in [0.05, 0.1) is 4.90 Å². The Morgan fingerprint density at radius 2 is 1.79 bits per heavy atom. The van der Waals surface area contributed by atoms with Crippen molar-refractivity contribution in [2.75, 3.05) is 6.79 Å². The van der Waals surface area contributed by atoms with Crippen LogP contribution in [0.4, 0.5) is 4.39 Å². The molecular weight excluding hydrogens is 399 g/mol. The van der Waals surface area contributed by atoms with Crippen LogP contribution in [0.2, 0.25) is 0 Å². The fourth-order valence-electron chi connectivity index (χ4n) is 2.82. The highest BCUT2D eigenvalue weighted by molar-refractivity contribution is 7.89. The van der Waals surface area contributed by atoms with Crippen molar-refractivity contribution in [3.63, 3.8) is 0 Å². The second-order valence-electron chi connectivity index (χ2n) is 7.09. The molecule has 0 unspecified atom stereocenters. The predicted molar refractivity (Wildman–Crippen MR) is 104 cm³/mol. The summed E-state index contributed by atoms with van der Waals surface area (Å²) in [4.78, 5) is 12.3. The molecule has 2 aromatic rings. The molecule has 156 valence electrons. The summed E-state index contributed by atoms with van der Waals surface area (Å²) in [5, 5.41) is 2.79. The number of amides is 1. The van der Waals surface area contributed by atoms with Crippen molar-refractivity contribution >= 4 is 15.9 Å². The van der Waals surface area contributed by atoms with E-state index in [2.05, 4.69) is 10.0 Å². The number of benzene rings is 2. The number of nitrogens with one attached hydrogen (secondary N) is 2. The van der Waals surface area contributed by atoms with Crippen LogP contribution in [0.5, 0.6) is 11.5 Å². The molecule has 0 saturated carbocycles. The molecular formula is C20H23FN2O5S. The highest BCUT2D eigenvalue weighted by Crippen LogP contribution is 2.32. The molecule has 0 fully saturated rings. The van der Waals surface area contributed by atoms with Crippen molar-refractivity contribution in [1.29, 1.82) is 0 Å². The average Bonchev–Trinajstić information content (AvgIpc) is 3.14. The molecule has 29 heavy (non-hydrogen) atoms.